The van der Waals surface area contributed by atoms with Crippen LogP contribution in [0.4, 0.5) is 0 Å². The number of aryl methyl sites for hydroxylation is 1. The van der Waals surface area contributed by atoms with Crippen molar-refractivity contribution in [3.8, 4) is 5.75 Å². The van der Waals surface area contributed by atoms with Crippen molar-refractivity contribution in [2.75, 3.05) is 0 Å². The van der Waals surface area contributed by atoms with E-state index in [0.717, 1.165) is 11.4 Å². The summed E-state index contributed by atoms with van der Waals surface area (Å²) < 4.78 is 4.92. The highest BCUT2D eigenvalue weighted by Gasteiger charge is 1.89. The summed E-state index contributed by atoms with van der Waals surface area (Å²) in [6.45, 7) is 1.93. The fourth-order valence-corrected chi connectivity index (χ4v) is 0.841. The number of aromatic nitrogens is 1. The normalized spacial score (nSPS) is 9.11. The van der Waals surface area contributed by atoms with Gasteiger partial charge in [-0.1, -0.05) is 0 Å². The summed E-state index contributed by atoms with van der Waals surface area (Å²) in [7, 11) is 0. The van der Waals surface area contributed by atoms with E-state index >= 15 is 0 Å². The first kappa shape index (κ1) is 6.80. The topological polar surface area (TPSA) is 22.1 Å². The molecule has 1 aromatic rings. The molecule has 0 saturated heterocycles. The van der Waals surface area contributed by atoms with Gasteiger partial charge in [-0.25, -0.2) is 0 Å². The van der Waals surface area contributed by atoms with Gasteiger partial charge in [0.25, 0.3) is 0 Å². The highest BCUT2D eigenvalue weighted by molar-refractivity contribution is 14.1. The van der Waals surface area contributed by atoms with Gasteiger partial charge in [0.15, 0.2) is 23.0 Å². The van der Waals surface area contributed by atoms with Gasteiger partial charge in [-0.15, -0.1) is 0 Å². The fraction of sp³-hybridized carbons (Fsp3) is 0.167. The van der Waals surface area contributed by atoms with Gasteiger partial charge in [-0.2, -0.15) is 0 Å². The second-order valence-electron chi connectivity index (χ2n) is 1.71. The molecule has 1 aromatic heterocycles. The maximum atomic E-state index is 4.92. The van der Waals surface area contributed by atoms with Crippen molar-refractivity contribution in [2.24, 2.45) is 0 Å². The highest BCUT2D eigenvalue weighted by Crippen LogP contribution is 2.11. The van der Waals surface area contributed by atoms with Crippen molar-refractivity contribution in [3.63, 3.8) is 0 Å². The third-order valence-corrected chi connectivity index (χ3v) is 1.47. The smallest absolute Gasteiger partial charge is 0.192 e. The molecule has 0 atom stereocenters. The number of nitrogens with zero attached hydrogens (tertiary/aromatic N) is 1. The van der Waals surface area contributed by atoms with Gasteiger partial charge in [0, 0.05) is 18.0 Å². The standard InChI is InChI=1S/C6H6INO/c1-5-4-6(9-7)2-3-8-5/h2-4H,1H3. The van der Waals surface area contributed by atoms with E-state index in [2.05, 4.69) is 4.98 Å². The van der Waals surface area contributed by atoms with Crippen LogP contribution in [-0.4, -0.2) is 4.98 Å². The number of hydrogen-bond donors (Lipinski definition) is 0. The van der Waals surface area contributed by atoms with Crippen LogP contribution in [0.25, 0.3) is 0 Å². The first-order chi connectivity index (χ1) is 4.33. The van der Waals surface area contributed by atoms with Crippen LogP contribution in [0.1, 0.15) is 5.69 Å². The lowest BCUT2D eigenvalue weighted by Gasteiger charge is -1.94. The molecule has 0 saturated carbocycles. The van der Waals surface area contributed by atoms with Crippen LogP contribution in [0.5, 0.6) is 5.75 Å². The van der Waals surface area contributed by atoms with Crippen molar-refractivity contribution in [1.82, 2.24) is 4.98 Å². The summed E-state index contributed by atoms with van der Waals surface area (Å²) in [6.07, 6.45) is 1.73. The van der Waals surface area contributed by atoms with Crippen molar-refractivity contribution in [1.29, 1.82) is 0 Å². The lowest BCUT2D eigenvalue weighted by molar-refractivity contribution is 0.713. The van der Waals surface area contributed by atoms with Crippen molar-refractivity contribution in [2.45, 2.75) is 6.92 Å². The molecule has 1 rings (SSSR count). The second kappa shape index (κ2) is 3.00. The highest BCUT2D eigenvalue weighted by atomic mass is 127. The van der Waals surface area contributed by atoms with E-state index in [-0.39, 0.29) is 0 Å². The number of hydrogen-bond acceptors (Lipinski definition) is 2. The van der Waals surface area contributed by atoms with Crippen molar-refractivity contribution in [3.05, 3.63) is 24.0 Å². The predicted octanol–water partition coefficient (Wildman–Crippen LogP) is 2.12. The molecule has 0 N–H and O–H groups in total. The average molecular weight is 235 g/mol. The Balaban J connectivity index is 2.94. The Bertz CT molecular complexity index is 202. The molecule has 1 heterocycles. The van der Waals surface area contributed by atoms with E-state index in [1.165, 1.54) is 0 Å². The Labute approximate surface area is 67.9 Å². The molecule has 0 aliphatic rings. The van der Waals surface area contributed by atoms with Gasteiger partial charge in [0.1, 0.15) is 5.75 Å². The number of pyridine rings is 1. The second-order valence-corrected chi connectivity index (χ2v) is 2.15. The molecule has 0 aliphatic heterocycles. The van der Waals surface area contributed by atoms with Crippen LogP contribution in [0.3, 0.4) is 0 Å². The number of rotatable bonds is 1. The zero-order valence-corrected chi connectivity index (χ0v) is 7.12. The molecule has 0 spiro atoms. The summed E-state index contributed by atoms with van der Waals surface area (Å²) in [5.41, 5.74) is 0.976. The summed E-state index contributed by atoms with van der Waals surface area (Å²) in [5.74, 6) is 0.850. The van der Waals surface area contributed by atoms with Crippen molar-refractivity contribution < 1.29 is 3.07 Å². The van der Waals surface area contributed by atoms with Gasteiger partial charge in [0.05, 0.1) is 0 Å². The minimum Gasteiger partial charge on any atom is -0.428 e. The minimum absolute atomic E-state index is 0.850. The van der Waals surface area contributed by atoms with E-state index in [0.29, 0.717) is 0 Å². The van der Waals surface area contributed by atoms with E-state index in [1.54, 1.807) is 6.20 Å². The Morgan fingerprint density at radius 1 is 1.67 bits per heavy atom. The van der Waals surface area contributed by atoms with Gasteiger partial charge >= 0.3 is 0 Å². The van der Waals surface area contributed by atoms with E-state index in [4.69, 9.17) is 3.07 Å². The lowest BCUT2D eigenvalue weighted by atomic mass is 10.4. The fourth-order valence-electron chi connectivity index (χ4n) is 0.568. The van der Waals surface area contributed by atoms with Crippen LogP contribution in [-0.2, 0) is 0 Å². The zero-order valence-electron chi connectivity index (χ0n) is 4.97. The predicted molar refractivity (Wildman–Crippen MR) is 43.6 cm³/mol. The lowest BCUT2D eigenvalue weighted by Crippen LogP contribution is -1.79. The van der Waals surface area contributed by atoms with Crippen LogP contribution < -0.4 is 3.07 Å². The maximum Gasteiger partial charge on any atom is 0.192 e. The molecule has 0 unspecified atom stereocenters. The molecule has 0 radical (unpaired) electrons. The SMILES string of the molecule is Cc1cc(OI)ccn1. The first-order valence-electron chi connectivity index (χ1n) is 2.54. The summed E-state index contributed by atoms with van der Waals surface area (Å²) in [4.78, 5) is 4.00. The molecule has 0 aliphatic carbocycles. The molecule has 3 heteroatoms. The molecule has 0 fully saturated rings. The molecule has 0 bridgehead atoms. The molecular formula is C6H6INO. The summed E-state index contributed by atoms with van der Waals surface area (Å²) in [5, 5.41) is 0. The van der Waals surface area contributed by atoms with Gasteiger partial charge in [-0.05, 0) is 13.0 Å². The Morgan fingerprint density at radius 2 is 2.44 bits per heavy atom. The minimum atomic E-state index is 0.850. The third kappa shape index (κ3) is 1.82. The Morgan fingerprint density at radius 3 is 2.89 bits per heavy atom. The Kier molecular flexibility index (Phi) is 2.27. The zero-order chi connectivity index (χ0) is 6.69. The van der Waals surface area contributed by atoms with Crippen LogP contribution in [0, 0.1) is 6.92 Å². The van der Waals surface area contributed by atoms with Crippen LogP contribution in [0.2, 0.25) is 0 Å². The molecule has 0 amide bonds. The van der Waals surface area contributed by atoms with E-state index < -0.39 is 0 Å². The maximum absolute atomic E-state index is 4.92. The molecule has 0 aromatic carbocycles. The molecule has 48 valence electrons. The molecule has 9 heavy (non-hydrogen) atoms. The summed E-state index contributed by atoms with van der Waals surface area (Å²) in [6, 6.07) is 3.70. The molecule has 2 nitrogen and oxygen atoms in total. The van der Waals surface area contributed by atoms with E-state index in [1.807, 2.05) is 42.1 Å². The first-order valence-corrected chi connectivity index (χ1v) is 3.42. The van der Waals surface area contributed by atoms with Crippen LogP contribution >= 0.6 is 23.0 Å². The monoisotopic (exact) mass is 235 g/mol. The summed E-state index contributed by atoms with van der Waals surface area (Å²) >= 11 is 1.84. The Hall–Kier alpha value is -0.320. The number of halogens is 1. The largest absolute Gasteiger partial charge is 0.428 e. The third-order valence-electron chi connectivity index (χ3n) is 0.957. The van der Waals surface area contributed by atoms with Gasteiger partial charge in [-0.3, -0.25) is 4.98 Å². The van der Waals surface area contributed by atoms with Crippen molar-refractivity contribution >= 4 is 23.0 Å². The van der Waals surface area contributed by atoms with Gasteiger partial charge in [0.2, 0.25) is 0 Å². The van der Waals surface area contributed by atoms with Gasteiger partial charge < -0.3 is 3.07 Å². The average Bonchev–Trinajstić information content (AvgIpc) is 1.88. The molecular weight excluding hydrogens is 229 g/mol. The van der Waals surface area contributed by atoms with Crippen LogP contribution in [0.15, 0.2) is 18.3 Å². The quantitative estimate of drug-likeness (QED) is 0.695. The van der Waals surface area contributed by atoms with E-state index in [9.17, 15) is 0 Å².